The fourth-order valence-corrected chi connectivity index (χ4v) is 2.75. The first kappa shape index (κ1) is 18.4. The number of aliphatic hydroxyl groups is 4. The van der Waals surface area contributed by atoms with Crippen LogP contribution in [0.1, 0.15) is 5.56 Å². The summed E-state index contributed by atoms with van der Waals surface area (Å²) in [4.78, 5) is 14.4. The molecule has 0 aliphatic carbocycles. The molecule has 4 atom stereocenters. The number of H-pyrrole nitrogens is 1. The molecule has 0 radical (unpaired) electrons. The van der Waals surface area contributed by atoms with Gasteiger partial charge in [0.25, 0.3) is 5.85 Å². The first-order valence-corrected chi connectivity index (χ1v) is 7.23. The Labute approximate surface area is 138 Å². The highest BCUT2D eigenvalue weighted by Gasteiger charge is 2.67. The Hall–Kier alpha value is -0.975. The topological polar surface area (TPSA) is 128 Å². The Morgan fingerprint density at radius 1 is 1.48 bits per heavy atom. The number of aromatic amines is 1. The minimum Gasteiger partial charge on any atom is -0.402 e. The number of rotatable bonds is 3. The van der Waals surface area contributed by atoms with E-state index in [2.05, 4.69) is 4.98 Å². The number of ether oxygens (including phenoxy) is 1. The number of hydrogen-bond acceptors (Lipinski definition) is 7. The van der Waals surface area contributed by atoms with E-state index in [0.29, 0.717) is 0 Å². The van der Waals surface area contributed by atoms with Crippen LogP contribution in [-0.4, -0.2) is 77.0 Å². The molecule has 1 aromatic heterocycles. The van der Waals surface area contributed by atoms with Crippen LogP contribution in [0.2, 0.25) is 0 Å². The molecule has 1 fully saturated rings. The maximum atomic E-state index is 15.0. The zero-order valence-corrected chi connectivity index (χ0v) is 13.6. The number of nitrogens with zero attached hydrogens (tertiary/aromatic N) is 1. The van der Waals surface area contributed by atoms with Crippen LogP contribution < -0.4 is 5.69 Å². The van der Waals surface area contributed by atoms with E-state index in [1.165, 1.54) is 7.85 Å². The highest BCUT2D eigenvalue weighted by molar-refractivity contribution is 7.71. The van der Waals surface area contributed by atoms with Crippen LogP contribution in [-0.2, 0) is 17.0 Å². The smallest absolute Gasteiger partial charge is 0.328 e. The summed E-state index contributed by atoms with van der Waals surface area (Å²) in [7, 11) is 3.30. The second-order valence-corrected chi connectivity index (χ2v) is 6.60. The van der Waals surface area contributed by atoms with E-state index in [1.54, 1.807) is 0 Å². The molecule has 13 heteroatoms. The highest BCUT2D eigenvalue weighted by Crippen LogP contribution is 2.44. The fourth-order valence-electron chi connectivity index (χ4n) is 2.55. The maximum Gasteiger partial charge on any atom is 0.328 e. The summed E-state index contributed by atoms with van der Waals surface area (Å²) in [5, 5.41) is 37.3. The van der Waals surface area contributed by atoms with Gasteiger partial charge in [0.1, 0.15) is 38.2 Å². The number of nitrogens with one attached hydrogen (secondary N) is 1. The van der Waals surface area contributed by atoms with Crippen LogP contribution >= 0.6 is 12.2 Å². The SMILES string of the molecule is BC(B)(O)[C@@]1(F)O[C@@](B)(n2cc(CO)c(=S)[nH]c2=O)[C@H](O)[C@@H]1O. The van der Waals surface area contributed by atoms with Crippen molar-refractivity contribution in [2.24, 2.45) is 0 Å². The molecule has 1 aromatic rings. The van der Waals surface area contributed by atoms with Crippen molar-refractivity contribution in [1.82, 2.24) is 9.55 Å². The van der Waals surface area contributed by atoms with Gasteiger partial charge in [-0.05, 0) is 0 Å². The van der Waals surface area contributed by atoms with E-state index in [1.807, 2.05) is 0 Å². The molecule has 0 unspecified atom stereocenters. The number of hydrogen-bond donors (Lipinski definition) is 5. The first-order valence-electron chi connectivity index (χ1n) is 6.82. The summed E-state index contributed by atoms with van der Waals surface area (Å²) in [6, 6.07) is 0. The predicted molar refractivity (Wildman–Crippen MR) is 87.3 cm³/mol. The molecule has 1 aliphatic rings. The molecule has 1 aliphatic heterocycles. The monoisotopic (exact) mass is 344 g/mol. The Bertz CT molecular complexity index is 739. The lowest BCUT2D eigenvalue weighted by molar-refractivity contribution is -0.243. The molecule has 2 heterocycles. The van der Waals surface area contributed by atoms with Gasteiger partial charge in [0.2, 0.25) is 0 Å². The largest absolute Gasteiger partial charge is 0.402 e. The van der Waals surface area contributed by atoms with E-state index in [-0.39, 0.29) is 10.2 Å². The van der Waals surface area contributed by atoms with Gasteiger partial charge in [0.15, 0.2) is 7.85 Å². The van der Waals surface area contributed by atoms with Crippen molar-refractivity contribution in [2.45, 2.75) is 35.7 Å². The van der Waals surface area contributed by atoms with Gasteiger partial charge in [0, 0.05) is 11.8 Å². The van der Waals surface area contributed by atoms with E-state index in [0.717, 1.165) is 26.5 Å². The van der Waals surface area contributed by atoms with Gasteiger partial charge in [-0.25, -0.2) is 9.18 Å². The van der Waals surface area contributed by atoms with Gasteiger partial charge >= 0.3 is 5.69 Å². The number of aromatic nitrogens is 2. The van der Waals surface area contributed by atoms with Crippen LogP contribution in [0.25, 0.3) is 0 Å². The number of alkyl halides is 1. The summed E-state index contributed by atoms with van der Waals surface area (Å²) in [5.41, 5.74) is -2.72. The van der Waals surface area contributed by atoms with Crippen molar-refractivity contribution in [3.8, 4) is 0 Å². The molecule has 124 valence electrons. The minimum absolute atomic E-state index is 0.0145. The summed E-state index contributed by atoms with van der Waals surface area (Å²) in [6.45, 7) is -0.503. The lowest BCUT2D eigenvalue weighted by Crippen LogP contribution is -2.59. The molecule has 0 saturated carbocycles. The minimum atomic E-state index is -3.02. The third-order valence-electron chi connectivity index (χ3n) is 4.08. The lowest BCUT2D eigenvalue weighted by Gasteiger charge is -2.36. The van der Waals surface area contributed by atoms with Crippen molar-refractivity contribution < 1.29 is 29.6 Å². The van der Waals surface area contributed by atoms with E-state index in [4.69, 9.17) is 17.0 Å². The van der Waals surface area contributed by atoms with Crippen molar-refractivity contribution in [3.05, 3.63) is 26.9 Å². The Morgan fingerprint density at radius 2 is 2.04 bits per heavy atom. The van der Waals surface area contributed by atoms with Gasteiger partial charge in [-0.15, -0.1) is 0 Å². The zero-order chi connectivity index (χ0) is 17.8. The van der Waals surface area contributed by atoms with Crippen LogP contribution in [0.15, 0.2) is 11.0 Å². The average molecular weight is 344 g/mol. The second kappa shape index (κ2) is 5.54. The standard InChI is InChI=1S/C10H16B3FN2O6S/c11-9(16-1-3(2-17)6(23)15-7(16)20)5(19)4(18)8(14,22-9)10(12,13)21/h1,4-5,17-19,21H,2,11-13H2,(H,15,20,23)/t4-,5+,8-,9-/m0/s1. The van der Waals surface area contributed by atoms with E-state index < -0.39 is 41.4 Å². The maximum absolute atomic E-state index is 15.0. The lowest BCUT2D eigenvalue weighted by atomic mass is 9.59. The van der Waals surface area contributed by atoms with E-state index in [9.17, 15) is 29.6 Å². The molecule has 8 nitrogen and oxygen atoms in total. The Morgan fingerprint density at radius 3 is 2.48 bits per heavy atom. The fraction of sp³-hybridized carbons (Fsp3) is 0.600. The summed E-state index contributed by atoms with van der Waals surface area (Å²) in [6.07, 6.45) is -2.87. The highest BCUT2D eigenvalue weighted by atomic mass is 32.1. The molecule has 0 bridgehead atoms. The molecule has 23 heavy (non-hydrogen) atoms. The molecular formula is C10H16B3FN2O6S. The number of aliphatic hydroxyl groups excluding tert-OH is 3. The molecule has 0 amide bonds. The van der Waals surface area contributed by atoms with E-state index >= 15 is 0 Å². The van der Waals surface area contributed by atoms with Crippen LogP contribution in [0.5, 0.6) is 0 Å². The predicted octanol–water partition coefficient (Wildman–Crippen LogP) is -5.03. The van der Waals surface area contributed by atoms with Gasteiger partial charge < -0.3 is 25.2 Å². The third kappa shape index (κ3) is 2.61. The van der Waals surface area contributed by atoms with Gasteiger partial charge in [0.05, 0.1) is 12.0 Å². The van der Waals surface area contributed by atoms with Crippen molar-refractivity contribution >= 4 is 35.8 Å². The summed E-state index contributed by atoms with van der Waals surface area (Å²) < 4.78 is 20.9. The van der Waals surface area contributed by atoms with Gasteiger partial charge in [-0.2, -0.15) is 0 Å². The average Bonchev–Trinajstić information content (AvgIpc) is 2.61. The summed E-state index contributed by atoms with van der Waals surface area (Å²) in [5.74, 6) is -3.02. The molecule has 5 N–H and O–H groups in total. The molecular weight excluding hydrogens is 328 g/mol. The van der Waals surface area contributed by atoms with Gasteiger partial charge in [-0.3, -0.25) is 9.55 Å². The third-order valence-corrected chi connectivity index (χ3v) is 4.45. The first-order chi connectivity index (χ1) is 10.4. The normalized spacial score (nSPS) is 34.7. The van der Waals surface area contributed by atoms with Crippen molar-refractivity contribution in [2.75, 3.05) is 0 Å². The summed E-state index contributed by atoms with van der Waals surface area (Å²) >= 11 is 4.87. The quantitative estimate of drug-likeness (QED) is 0.274. The zero-order valence-electron chi connectivity index (χ0n) is 12.8. The van der Waals surface area contributed by atoms with Crippen LogP contribution in [0, 0.1) is 4.64 Å². The van der Waals surface area contributed by atoms with Gasteiger partial charge in [-0.1, -0.05) is 12.2 Å². The molecule has 2 rings (SSSR count). The number of halogens is 1. The van der Waals surface area contributed by atoms with Crippen molar-refractivity contribution in [1.29, 1.82) is 0 Å². The Kier molecular flexibility index (Phi) is 4.42. The Balaban J connectivity index is 2.64. The van der Waals surface area contributed by atoms with Crippen LogP contribution in [0.3, 0.4) is 0 Å². The molecule has 1 saturated heterocycles. The second-order valence-electron chi connectivity index (χ2n) is 6.19. The van der Waals surface area contributed by atoms with Crippen LogP contribution in [0.4, 0.5) is 4.39 Å². The van der Waals surface area contributed by atoms with Crippen molar-refractivity contribution in [3.63, 3.8) is 0 Å². The molecule has 0 aromatic carbocycles. The molecule has 0 spiro atoms.